The molecule has 0 atom stereocenters. The van der Waals surface area contributed by atoms with E-state index in [1.54, 1.807) is 0 Å². The van der Waals surface area contributed by atoms with Crippen LogP contribution in [-0.4, -0.2) is 7.05 Å². The van der Waals surface area contributed by atoms with Crippen molar-refractivity contribution in [2.75, 3.05) is 7.05 Å². The Morgan fingerprint density at radius 1 is 1.12 bits per heavy atom. The zero-order valence-electron chi connectivity index (χ0n) is 9.40. The molecule has 0 saturated heterocycles. The number of nitrogens with one attached hydrogen (secondary N) is 2. The first-order valence-corrected chi connectivity index (χ1v) is 5.45. The number of hydrogen-bond acceptors (Lipinski definition) is 2. The van der Waals surface area contributed by atoms with E-state index in [2.05, 4.69) is 41.0 Å². The van der Waals surface area contributed by atoms with E-state index in [1.165, 1.54) is 11.3 Å². The molecule has 1 aromatic rings. The van der Waals surface area contributed by atoms with Crippen molar-refractivity contribution in [1.29, 1.82) is 0 Å². The summed E-state index contributed by atoms with van der Waals surface area (Å²) in [6, 6.07) is 10.5. The average Bonchev–Trinajstić information content (AvgIpc) is 2.55. The van der Waals surface area contributed by atoms with Crippen LogP contribution in [0.2, 0.25) is 0 Å². The van der Waals surface area contributed by atoms with Gasteiger partial charge in [0.15, 0.2) is 0 Å². The minimum atomic E-state index is 0.908. The summed E-state index contributed by atoms with van der Waals surface area (Å²) in [5.41, 5.74) is 3.63. The van der Waals surface area contributed by atoms with Gasteiger partial charge in [-0.1, -0.05) is 36.4 Å². The quantitative estimate of drug-likeness (QED) is 0.803. The van der Waals surface area contributed by atoms with E-state index in [0.717, 1.165) is 12.1 Å². The first-order valence-electron chi connectivity index (χ1n) is 5.45. The van der Waals surface area contributed by atoms with Gasteiger partial charge in [0.25, 0.3) is 0 Å². The summed E-state index contributed by atoms with van der Waals surface area (Å²) in [7, 11) is 1.94. The molecule has 0 amide bonds. The summed E-state index contributed by atoms with van der Waals surface area (Å²) in [6.07, 6.45) is 8.96. The molecule has 0 aromatic heterocycles. The Morgan fingerprint density at radius 3 is 2.69 bits per heavy atom. The molecular weight excluding hydrogens is 196 g/mol. The maximum absolute atomic E-state index is 3.31. The van der Waals surface area contributed by atoms with Crippen molar-refractivity contribution < 1.29 is 0 Å². The number of benzene rings is 1. The Labute approximate surface area is 96.4 Å². The highest BCUT2D eigenvalue weighted by Crippen LogP contribution is 2.11. The third-order valence-corrected chi connectivity index (χ3v) is 2.55. The van der Waals surface area contributed by atoms with Gasteiger partial charge in [-0.3, -0.25) is 0 Å². The van der Waals surface area contributed by atoms with Crippen molar-refractivity contribution in [1.82, 2.24) is 10.6 Å². The molecule has 82 valence electrons. The molecule has 16 heavy (non-hydrogen) atoms. The lowest BCUT2D eigenvalue weighted by molar-refractivity contribution is 0.892. The van der Waals surface area contributed by atoms with Crippen molar-refractivity contribution >= 4 is 0 Å². The molecule has 2 N–H and O–H groups in total. The SMILES string of the molecule is CNC1=C(Cc2ccccc2)NC=CC=C1. The normalized spacial score (nSPS) is 14.6. The lowest BCUT2D eigenvalue weighted by Crippen LogP contribution is -2.16. The van der Waals surface area contributed by atoms with Gasteiger partial charge in [0.05, 0.1) is 5.70 Å². The van der Waals surface area contributed by atoms with Gasteiger partial charge in [-0.2, -0.15) is 0 Å². The van der Waals surface area contributed by atoms with Crippen LogP contribution in [0.1, 0.15) is 5.56 Å². The van der Waals surface area contributed by atoms with Crippen molar-refractivity contribution in [2.24, 2.45) is 0 Å². The number of hydrogen-bond donors (Lipinski definition) is 2. The predicted octanol–water partition coefficient (Wildman–Crippen LogP) is 2.33. The fourth-order valence-electron chi connectivity index (χ4n) is 1.71. The highest BCUT2D eigenvalue weighted by molar-refractivity contribution is 5.33. The molecular formula is C14H16N2. The standard InChI is InChI=1S/C14H16N2/c1-15-13-9-5-6-10-16-14(13)11-12-7-3-2-4-8-12/h2-10,15-16H,11H2,1H3. The van der Waals surface area contributed by atoms with E-state index in [9.17, 15) is 0 Å². The molecule has 0 bridgehead atoms. The van der Waals surface area contributed by atoms with Crippen molar-refractivity contribution in [2.45, 2.75) is 6.42 Å². The summed E-state index contributed by atoms with van der Waals surface area (Å²) in [4.78, 5) is 0. The van der Waals surface area contributed by atoms with Gasteiger partial charge < -0.3 is 10.6 Å². The van der Waals surface area contributed by atoms with Crippen molar-refractivity contribution in [3.05, 3.63) is 71.7 Å². The average molecular weight is 212 g/mol. The number of rotatable bonds is 3. The number of allylic oxidation sites excluding steroid dienone is 4. The zero-order chi connectivity index (χ0) is 11.2. The molecule has 0 aliphatic carbocycles. The molecule has 0 radical (unpaired) electrons. The molecule has 0 saturated carbocycles. The predicted molar refractivity (Wildman–Crippen MR) is 67.6 cm³/mol. The Balaban J connectivity index is 2.22. The Hall–Kier alpha value is -1.96. The Bertz CT molecular complexity index is 427. The molecule has 2 heteroatoms. The van der Waals surface area contributed by atoms with Gasteiger partial charge in [-0.05, 0) is 17.7 Å². The molecule has 1 heterocycles. The molecule has 0 fully saturated rings. The highest BCUT2D eigenvalue weighted by Gasteiger charge is 2.04. The summed E-state index contributed by atoms with van der Waals surface area (Å²) in [5, 5.41) is 6.51. The first kappa shape index (κ1) is 10.6. The van der Waals surface area contributed by atoms with Gasteiger partial charge in [0.2, 0.25) is 0 Å². The lowest BCUT2D eigenvalue weighted by Gasteiger charge is -2.11. The van der Waals surface area contributed by atoms with E-state index in [-0.39, 0.29) is 0 Å². The van der Waals surface area contributed by atoms with Crippen LogP contribution in [0.5, 0.6) is 0 Å². The minimum absolute atomic E-state index is 0.908. The van der Waals surface area contributed by atoms with Crippen LogP contribution in [0.25, 0.3) is 0 Å². The molecule has 1 aliphatic heterocycles. The van der Waals surface area contributed by atoms with E-state index in [1.807, 2.05) is 31.5 Å². The fraction of sp³-hybridized carbons (Fsp3) is 0.143. The van der Waals surface area contributed by atoms with Crippen LogP contribution in [0, 0.1) is 0 Å². The molecule has 1 aliphatic rings. The van der Waals surface area contributed by atoms with Gasteiger partial charge in [0, 0.05) is 25.4 Å². The largest absolute Gasteiger partial charge is 0.387 e. The molecule has 2 rings (SSSR count). The van der Waals surface area contributed by atoms with Crippen LogP contribution in [-0.2, 0) is 6.42 Å². The van der Waals surface area contributed by atoms with E-state index in [4.69, 9.17) is 0 Å². The smallest absolute Gasteiger partial charge is 0.0537 e. The van der Waals surface area contributed by atoms with Gasteiger partial charge in [-0.15, -0.1) is 0 Å². The van der Waals surface area contributed by atoms with E-state index in [0.29, 0.717) is 0 Å². The molecule has 0 spiro atoms. The fourth-order valence-corrected chi connectivity index (χ4v) is 1.71. The second-order valence-electron chi connectivity index (χ2n) is 3.67. The second-order valence-corrected chi connectivity index (χ2v) is 3.67. The molecule has 0 unspecified atom stereocenters. The van der Waals surface area contributed by atoms with Gasteiger partial charge in [0.1, 0.15) is 0 Å². The maximum atomic E-state index is 3.31. The third-order valence-electron chi connectivity index (χ3n) is 2.55. The summed E-state index contributed by atoms with van der Waals surface area (Å²) in [6.45, 7) is 0. The van der Waals surface area contributed by atoms with E-state index >= 15 is 0 Å². The maximum Gasteiger partial charge on any atom is 0.0537 e. The van der Waals surface area contributed by atoms with Crippen LogP contribution in [0.4, 0.5) is 0 Å². The summed E-state index contributed by atoms with van der Waals surface area (Å²) in [5.74, 6) is 0. The van der Waals surface area contributed by atoms with Crippen LogP contribution in [0.15, 0.2) is 66.2 Å². The summed E-state index contributed by atoms with van der Waals surface area (Å²) < 4.78 is 0. The Morgan fingerprint density at radius 2 is 1.94 bits per heavy atom. The van der Waals surface area contributed by atoms with Gasteiger partial charge >= 0.3 is 0 Å². The zero-order valence-corrected chi connectivity index (χ0v) is 9.40. The summed E-state index contributed by atoms with van der Waals surface area (Å²) >= 11 is 0. The minimum Gasteiger partial charge on any atom is -0.387 e. The van der Waals surface area contributed by atoms with Crippen LogP contribution >= 0.6 is 0 Å². The number of likely N-dealkylation sites (N-methyl/N-ethyl adjacent to an activating group) is 1. The third kappa shape index (κ3) is 2.54. The van der Waals surface area contributed by atoms with E-state index < -0.39 is 0 Å². The first-order chi connectivity index (χ1) is 7.90. The molecule has 1 aromatic carbocycles. The molecule has 2 nitrogen and oxygen atoms in total. The second kappa shape index (κ2) is 5.21. The highest BCUT2D eigenvalue weighted by atomic mass is 14.9. The topological polar surface area (TPSA) is 24.1 Å². The lowest BCUT2D eigenvalue weighted by atomic mass is 10.1. The van der Waals surface area contributed by atoms with Crippen LogP contribution in [0.3, 0.4) is 0 Å². The van der Waals surface area contributed by atoms with Crippen molar-refractivity contribution in [3.63, 3.8) is 0 Å². The monoisotopic (exact) mass is 212 g/mol. The Kier molecular flexibility index (Phi) is 3.44. The van der Waals surface area contributed by atoms with Crippen LogP contribution < -0.4 is 10.6 Å². The van der Waals surface area contributed by atoms with Gasteiger partial charge in [-0.25, -0.2) is 0 Å². The van der Waals surface area contributed by atoms with Crippen molar-refractivity contribution in [3.8, 4) is 0 Å².